The number of allylic oxidation sites excluding steroid dienone is 1. The van der Waals surface area contributed by atoms with E-state index in [1.54, 1.807) is 0 Å². The Hall–Kier alpha value is 0.107. The lowest BCUT2D eigenvalue weighted by Gasteiger charge is -2.27. The van der Waals surface area contributed by atoms with Crippen LogP contribution in [0.15, 0.2) is 11.2 Å². The van der Waals surface area contributed by atoms with Crippen LogP contribution in [0, 0.1) is 5.92 Å². The first-order valence-electron chi connectivity index (χ1n) is 6.94. The van der Waals surface area contributed by atoms with Crippen molar-refractivity contribution >= 4 is 20.1 Å². The van der Waals surface area contributed by atoms with Gasteiger partial charge in [0.05, 0.1) is 0 Å². The van der Waals surface area contributed by atoms with Crippen LogP contribution in [0.4, 0.5) is 0 Å². The summed E-state index contributed by atoms with van der Waals surface area (Å²) in [5.41, 5.74) is 0. The molecule has 1 nitrogen and oxygen atoms in total. The van der Waals surface area contributed by atoms with E-state index < -0.39 is 8.32 Å². The van der Waals surface area contributed by atoms with Crippen LogP contribution >= 0.6 is 11.8 Å². The molecule has 17 heavy (non-hydrogen) atoms. The van der Waals surface area contributed by atoms with Gasteiger partial charge in [0.2, 0.25) is 8.32 Å². The summed E-state index contributed by atoms with van der Waals surface area (Å²) in [4.78, 5) is 0. The predicted molar refractivity (Wildman–Crippen MR) is 81.8 cm³/mol. The average Bonchev–Trinajstić information content (AvgIpc) is 2.15. The third kappa shape index (κ3) is 7.19. The molecule has 0 atom stereocenters. The topological polar surface area (TPSA) is 9.23 Å². The van der Waals surface area contributed by atoms with Crippen molar-refractivity contribution in [1.29, 1.82) is 0 Å². The van der Waals surface area contributed by atoms with Gasteiger partial charge >= 0.3 is 0 Å². The number of hydrogen-bond donors (Lipinski definition) is 0. The van der Waals surface area contributed by atoms with Gasteiger partial charge in [0, 0.05) is 5.25 Å². The standard InChI is InChI=1S/C14H28OSSi/c1-12(2)11-14(15-17(3,4)5)16-13-9-7-6-8-10-13/h11-13H,6-10H2,1-5H3/b14-11-. The third-order valence-corrected chi connectivity index (χ3v) is 4.95. The molecule has 0 N–H and O–H groups in total. The second-order valence-corrected chi connectivity index (χ2v) is 12.1. The first-order chi connectivity index (χ1) is 7.87. The SMILES string of the molecule is CC(C)/C=C(/O[Si](C)(C)C)SC1CCCCC1. The number of hydrogen-bond acceptors (Lipinski definition) is 2. The Labute approximate surface area is 113 Å². The van der Waals surface area contributed by atoms with Crippen molar-refractivity contribution in [3.63, 3.8) is 0 Å². The van der Waals surface area contributed by atoms with E-state index in [-0.39, 0.29) is 0 Å². The molecule has 0 aromatic heterocycles. The lowest BCUT2D eigenvalue weighted by molar-refractivity contribution is 0.453. The summed E-state index contributed by atoms with van der Waals surface area (Å²) in [6.45, 7) is 11.3. The molecule has 1 fully saturated rings. The second-order valence-electron chi connectivity index (χ2n) is 6.32. The van der Waals surface area contributed by atoms with Gasteiger partial charge in [-0.15, -0.1) is 0 Å². The summed E-state index contributed by atoms with van der Waals surface area (Å²) in [5, 5.41) is 2.00. The molecule has 0 radical (unpaired) electrons. The van der Waals surface area contributed by atoms with E-state index in [9.17, 15) is 0 Å². The maximum absolute atomic E-state index is 6.21. The zero-order valence-corrected chi connectivity index (χ0v) is 13.9. The average molecular weight is 273 g/mol. The molecule has 0 spiro atoms. The van der Waals surface area contributed by atoms with Crippen molar-refractivity contribution in [2.24, 2.45) is 5.92 Å². The summed E-state index contributed by atoms with van der Waals surface area (Å²) in [6.07, 6.45) is 9.27. The molecule has 100 valence electrons. The largest absolute Gasteiger partial charge is 0.540 e. The molecule has 3 heteroatoms. The van der Waals surface area contributed by atoms with Crippen LogP contribution in [0.3, 0.4) is 0 Å². The summed E-state index contributed by atoms with van der Waals surface area (Å²) in [7, 11) is -1.46. The summed E-state index contributed by atoms with van der Waals surface area (Å²) in [6, 6.07) is 0. The van der Waals surface area contributed by atoms with Gasteiger partial charge in [-0.05, 0) is 44.5 Å². The highest BCUT2D eigenvalue weighted by molar-refractivity contribution is 8.03. The van der Waals surface area contributed by atoms with Gasteiger partial charge in [-0.25, -0.2) is 0 Å². The molecule has 1 aliphatic carbocycles. The molecule has 0 saturated heterocycles. The highest BCUT2D eigenvalue weighted by atomic mass is 32.2. The number of rotatable bonds is 5. The summed E-state index contributed by atoms with van der Waals surface area (Å²) >= 11 is 1.99. The molecule has 1 saturated carbocycles. The minimum absolute atomic E-state index is 0.581. The van der Waals surface area contributed by atoms with Gasteiger partial charge in [-0.2, -0.15) is 0 Å². The van der Waals surface area contributed by atoms with E-state index in [0.29, 0.717) is 5.92 Å². The van der Waals surface area contributed by atoms with Crippen LogP contribution in [0.2, 0.25) is 19.6 Å². The zero-order valence-electron chi connectivity index (χ0n) is 12.1. The summed E-state index contributed by atoms with van der Waals surface area (Å²) < 4.78 is 6.21. The Morgan fingerprint density at radius 3 is 2.24 bits per heavy atom. The molecule has 0 aliphatic heterocycles. The van der Waals surface area contributed by atoms with Gasteiger partial charge in [0.25, 0.3) is 0 Å². The van der Waals surface area contributed by atoms with Crippen LogP contribution < -0.4 is 0 Å². The van der Waals surface area contributed by atoms with E-state index in [1.807, 2.05) is 11.8 Å². The van der Waals surface area contributed by atoms with E-state index >= 15 is 0 Å². The fourth-order valence-electron chi connectivity index (χ4n) is 2.02. The lowest BCUT2D eigenvalue weighted by atomic mass is 10.0. The van der Waals surface area contributed by atoms with Gasteiger partial charge in [-0.3, -0.25) is 0 Å². The fraction of sp³-hybridized carbons (Fsp3) is 0.857. The zero-order chi connectivity index (χ0) is 12.9. The maximum Gasteiger partial charge on any atom is 0.242 e. The minimum Gasteiger partial charge on any atom is -0.540 e. The second kappa shape index (κ2) is 6.88. The molecule has 0 bridgehead atoms. The monoisotopic (exact) mass is 272 g/mol. The van der Waals surface area contributed by atoms with Crippen LogP contribution in [0.1, 0.15) is 46.0 Å². The minimum atomic E-state index is -1.46. The van der Waals surface area contributed by atoms with Crippen LogP contribution in [-0.4, -0.2) is 13.6 Å². The van der Waals surface area contributed by atoms with Crippen LogP contribution in [0.25, 0.3) is 0 Å². The summed E-state index contributed by atoms with van der Waals surface area (Å²) in [5.74, 6) is 0.581. The van der Waals surface area contributed by atoms with Crippen molar-refractivity contribution in [3.8, 4) is 0 Å². The van der Waals surface area contributed by atoms with Gasteiger partial charge in [0.1, 0.15) is 5.09 Å². The molecule has 0 aromatic carbocycles. The Morgan fingerprint density at radius 1 is 1.18 bits per heavy atom. The molecule has 1 aliphatic rings. The predicted octanol–water partition coefficient (Wildman–Crippen LogP) is 5.40. The normalized spacial score (nSPS) is 19.8. The first-order valence-corrected chi connectivity index (χ1v) is 11.2. The molecule has 0 heterocycles. The van der Waals surface area contributed by atoms with Crippen molar-refractivity contribution in [2.45, 2.75) is 70.8 Å². The van der Waals surface area contributed by atoms with Gasteiger partial charge in [0.15, 0.2) is 0 Å². The Balaban J connectivity index is 2.56. The fourth-order valence-corrected chi connectivity index (χ4v) is 4.88. The molecule has 0 unspecified atom stereocenters. The van der Waals surface area contributed by atoms with E-state index in [2.05, 4.69) is 39.6 Å². The highest BCUT2D eigenvalue weighted by Gasteiger charge is 2.22. The Kier molecular flexibility index (Phi) is 6.14. The number of thioether (sulfide) groups is 1. The smallest absolute Gasteiger partial charge is 0.242 e. The Morgan fingerprint density at radius 2 is 1.76 bits per heavy atom. The highest BCUT2D eigenvalue weighted by Crippen LogP contribution is 2.35. The molecule has 0 amide bonds. The molecule has 0 aromatic rings. The lowest BCUT2D eigenvalue weighted by Crippen LogP contribution is -2.25. The maximum atomic E-state index is 6.21. The Bertz CT molecular complexity index is 249. The quantitative estimate of drug-likeness (QED) is 0.489. The van der Waals surface area contributed by atoms with Gasteiger partial charge in [-0.1, -0.05) is 44.9 Å². The van der Waals surface area contributed by atoms with Crippen molar-refractivity contribution in [1.82, 2.24) is 0 Å². The van der Waals surface area contributed by atoms with E-state index in [1.165, 1.54) is 37.2 Å². The van der Waals surface area contributed by atoms with E-state index in [0.717, 1.165) is 5.25 Å². The van der Waals surface area contributed by atoms with Crippen molar-refractivity contribution in [2.75, 3.05) is 0 Å². The van der Waals surface area contributed by atoms with Crippen LogP contribution in [-0.2, 0) is 4.43 Å². The molecule has 1 rings (SSSR count). The first kappa shape index (κ1) is 15.2. The van der Waals surface area contributed by atoms with Crippen molar-refractivity contribution in [3.05, 3.63) is 11.2 Å². The molecular formula is C14H28OSSi. The van der Waals surface area contributed by atoms with Crippen molar-refractivity contribution < 1.29 is 4.43 Å². The van der Waals surface area contributed by atoms with Gasteiger partial charge < -0.3 is 4.43 Å². The van der Waals surface area contributed by atoms with Crippen LogP contribution in [0.5, 0.6) is 0 Å². The molecular weight excluding hydrogens is 244 g/mol. The van der Waals surface area contributed by atoms with E-state index in [4.69, 9.17) is 4.43 Å². The third-order valence-electron chi connectivity index (χ3n) is 2.71.